The normalized spacial score (nSPS) is 17.4. The molecule has 0 bridgehead atoms. The fourth-order valence-corrected chi connectivity index (χ4v) is 2.54. The summed E-state index contributed by atoms with van der Waals surface area (Å²) < 4.78 is 13.5. The van der Waals surface area contributed by atoms with Crippen LogP contribution in [0.5, 0.6) is 0 Å². The Morgan fingerprint density at radius 1 is 1.19 bits per heavy atom. The number of carbonyl (C=O) groups excluding carboxylic acids is 1. The summed E-state index contributed by atoms with van der Waals surface area (Å²) in [4.78, 5) is 16.4. The third-order valence-corrected chi connectivity index (χ3v) is 3.64. The molecule has 0 aromatic heterocycles. The SMILES string of the molecule is NCCN1CCCN(CC(=O)Nc2ccccc2F)CC1. The molecule has 0 saturated carbocycles. The maximum absolute atomic E-state index is 13.5. The molecule has 1 saturated heterocycles. The molecular weight excluding hydrogens is 271 g/mol. The minimum absolute atomic E-state index is 0.174. The molecule has 0 radical (unpaired) electrons. The second-order valence-corrected chi connectivity index (χ2v) is 5.29. The number of hydrogen-bond acceptors (Lipinski definition) is 4. The lowest BCUT2D eigenvalue weighted by atomic mass is 10.3. The van der Waals surface area contributed by atoms with Crippen LogP contribution in [-0.4, -0.2) is 61.5 Å². The van der Waals surface area contributed by atoms with E-state index < -0.39 is 5.82 Å². The third kappa shape index (κ3) is 5.08. The lowest BCUT2D eigenvalue weighted by Crippen LogP contribution is -2.37. The largest absolute Gasteiger partial charge is 0.329 e. The van der Waals surface area contributed by atoms with Crippen molar-refractivity contribution in [1.82, 2.24) is 9.80 Å². The van der Waals surface area contributed by atoms with Gasteiger partial charge in [-0.1, -0.05) is 12.1 Å². The standard InChI is InChI=1S/C15H23FN4O/c16-13-4-1-2-5-14(13)18-15(21)12-20-8-3-7-19(9-6-17)10-11-20/h1-2,4-5H,3,6-12,17H2,(H,18,21). The molecule has 0 spiro atoms. The van der Waals surface area contributed by atoms with Crippen LogP contribution in [0, 0.1) is 5.82 Å². The zero-order chi connectivity index (χ0) is 15.1. The summed E-state index contributed by atoms with van der Waals surface area (Å²) >= 11 is 0. The first-order chi connectivity index (χ1) is 10.2. The average molecular weight is 294 g/mol. The van der Waals surface area contributed by atoms with Gasteiger partial charge in [0.2, 0.25) is 5.91 Å². The van der Waals surface area contributed by atoms with Gasteiger partial charge < -0.3 is 16.0 Å². The Bertz CT molecular complexity index is 469. The molecule has 1 fully saturated rings. The molecule has 3 N–H and O–H groups in total. The van der Waals surface area contributed by atoms with E-state index in [9.17, 15) is 9.18 Å². The monoisotopic (exact) mass is 294 g/mol. The molecule has 0 aliphatic carbocycles. The van der Waals surface area contributed by atoms with Gasteiger partial charge in [-0.25, -0.2) is 4.39 Å². The van der Waals surface area contributed by atoms with Crippen LogP contribution in [0.1, 0.15) is 6.42 Å². The van der Waals surface area contributed by atoms with Crippen molar-refractivity contribution in [3.63, 3.8) is 0 Å². The highest BCUT2D eigenvalue weighted by Gasteiger charge is 2.17. The van der Waals surface area contributed by atoms with Crippen LogP contribution >= 0.6 is 0 Å². The number of carbonyl (C=O) groups is 1. The fraction of sp³-hybridized carbons (Fsp3) is 0.533. The van der Waals surface area contributed by atoms with Crippen molar-refractivity contribution in [1.29, 1.82) is 0 Å². The highest BCUT2D eigenvalue weighted by Crippen LogP contribution is 2.12. The third-order valence-electron chi connectivity index (χ3n) is 3.64. The molecule has 1 aliphatic rings. The summed E-state index contributed by atoms with van der Waals surface area (Å²) in [5.41, 5.74) is 5.81. The second kappa shape index (κ2) is 8.07. The van der Waals surface area contributed by atoms with E-state index in [0.29, 0.717) is 13.1 Å². The lowest BCUT2D eigenvalue weighted by molar-refractivity contribution is -0.117. The van der Waals surface area contributed by atoms with Gasteiger partial charge in [-0.3, -0.25) is 9.69 Å². The Labute approximate surface area is 124 Å². The first-order valence-corrected chi connectivity index (χ1v) is 7.38. The van der Waals surface area contributed by atoms with E-state index >= 15 is 0 Å². The van der Waals surface area contributed by atoms with E-state index in [1.54, 1.807) is 18.2 Å². The predicted octanol–water partition coefficient (Wildman–Crippen LogP) is 0.731. The highest BCUT2D eigenvalue weighted by atomic mass is 19.1. The molecule has 1 aromatic carbocycles. The van der Waals surface area contributed by atoms with Crippen LogP contribution in [0.15, 0.2) is 24.3 Å². The van der Waals surface area contributed by atoms with Crippen molar-refractivity contribution in [2.75, 3.05) is 51.1 Å². The number of benzene rings is 1. The topological polar surface area (TPSA) is 61.6 Å². The van der Waals surface area contributed by atoms with Gasteiger partial charge in [0.05, 0.1) is 12.2 Å². The quantitative estimate of drug-likeness (QED) is 0.840. The number of amides is 1. The van der Waals surface area contributed by atoms with Gasteiger partial charge in [0.25, 0.3) is 0 Å². The summed E-state index contributed by atoms with van der Waals surface area (Å²) in [5.74, 6) is -0.580. The van der Waals surface area contributed by atoms with Gasteiger partial charge in [-0.15, -0.1) is 0 Å². The Hall–Kier alpha value is -1.50. The van der Waals surface area contributed by atoms with Gasteiger partial charge in [0.1, 0.15) is 5.82 Å². The molecule has 116 valence electrons. The van der Waals surface area contributed by atoms with Gasteiger partial charge >= 0.3 is 0 Å². The minimum atomic E-state index is -0.407. The maximum atomic E-state index is 13.5. The van der Waals surface area contributed by atoms with E-state index in [-0.39, 0.29) is 11.6 Å². The number of para-hydroxylation sites is 1. The van der Waals surface area contributed by atoms with E-state index in [4.69, 9.17) is 5.73 Å². The fourth-order valence-electron chi connectivity index (χ4n) is 2.54. The summed E-state index contributed by atoms with van der Waals surface area (Å²) in [6, 6.07) is 6.21. The molecule has 21 heavy (non-hydrogen) atoms. The lowest BCUT2D eigenvalue weighted by Gasteiger charge is -2.20. The Morgan fingerprint density at radius 3 is 2.67 bits per heavy atom. The van der Waals surface area contributed by atoms with E-state index in [1.165, 1.54) is 6.07 Å². The molecule has 1 amide bonds. The maximum Gasteiger partial charge on any atom is 0.238 e. The number of rotatable bonds is 5. The highest BCUT2D eigenvalue weighted by molar-refractivity contribution is 5.92. The zero-order valence-electron chi connectivity index (χ0n) is 12.2. The number of hydrogen-bond donors (Lipinski definition) is 2. The first-order valence-electron chi connectivity index (χ1n) is 7.38. The molecule has 1 heterocycles. The van der Waals surface area contributed by atoms with Crippen molar-refractivity contribution in [2.24, 2.45) is 5.73 Å². The second-order valence-electron chi connectivity index (χ2n) is 5.29. The summed E-state index contributed by atoms with van der Waals surface area (Å²) in [5, 5.41) is 2.63. The van der Waals surface area contributed by atoms with Crippen molar-refractivity contribution in [3.05, 3.63) is 30.1 Å². The number of nitrogens with one attached hydrogen (secondary N) is 1. The zero-order valence-corrected chi connectivity index (χ0v) is 12.2. The van der Waals surface area contributed by atoms with E-state index in [0.717, 1.165) is 39.1 Å². The number of nitrogens with two attached hydrogens (primary N) is 1. The molecule has 2 rings (SSSR count). The van der Waals surface area contributed by atoms with Crippen molar-refractivity contribution in [3.8, 4) is 0 Å². The van der Waals surface area contributed by atoms with Gasteiger partial charge in [0, 0.05) is 26.2 Å². The summed E-state index contributed by atoms with van der Waals surface area (Å²) in [6.07, 6.45) is 1.02. The van der Waals surface area contributed by atoms with Crippen LogP contribution < -0.4 is 11.1 Å². The number of anilines is 1. The Kier molecular flexibility index (Phi) is 6.10. The molecule has 0 atom stereocenters. The van der Waals surface area contributed by atoms with Crippen LogP contribution in [0.3, 0.4) is 0 Å². The average Bonchev–Trinajstić information content (AvgIpc) is 2.67. The summed E-state index contributed by atoms with van der Waals surface area (Å²) in [7, 11) is 0. The van der Waals surface area contributed by atoms with Gasteiger partial charge in [0.15, 0.2) is 0 Å². The Morgan fingerprint density at radius 2 is 1.90 bits per heavy atom. The molecular formula is C15H23FN4O. The summed E-state index contributed by atoms with van der Waals surface area (Å²) in [6.45, 7) is 5.51. The Balaban J connectivity index is 1.81. The van der Waals surface area contributed by atoms with E-state index in [1.807, 2.05) is 0 Å². The molecule has 0 unspecified atom stereocenters. The minimum Gasteiger partial charge on any atom is -0.329 e. The first kappa shape index (κ1) is 15.9. The van der Waals surface area contributed by atoms with Crippen LogP contribution in [0.4, 0.5) is 10.1 Å². The van der Waals surface area contributed by atoms with Crippen LogP contribution in [0.25, 0.3) is 0 Å². The van der Waals surface area contributed by atoms with Crippen molar-refractivity contribution >= 4 is 11.6 Å². The van der Waals surface area contributed by atoms with Crippen LogP contribution in [-0.2, 0) is 4.79 Å². The van der Waals surface area contributed by atoms with Gasteiger partial charge in [-0.2, -0.15) is 0 Å². The van der Waals surface area contributed by atoms with Gasteiger partial charge in [-0.05, 0) is 31.6 Å². The number of nitrogens with zero attached hydrogens (tertiary/aromatic N) is 2. The molecule has 1 aromatic rings. The van der Waals surface area contributed by atoms with Crippen LogP contribution in [0.2, 0.25) is 0 Å². The molecule has 1 aliphatic heterocycles. The molecule has 5 nitrogen and oxygen atoms in total. The smallest absolute Gasteiger partial charge is 0.238 e. The van der Waals surface area contributed by atoms with Crippen molar-refractivity contribution in [2.45, 2.75) is 6.42 Å². The number of halogens is 1. The van der Waals surface area contributed by atoms with E-state index in [2.05, 4.69) is 15.1 Å². The molecule has 6 heteroatoms. The van der Waals surface area contributed by atoms with Crippen molar-refractivity contribution < 1.29 is 9.18 Å². The predicted molar refractivity (Wildman–Crippen MR) is 81.6 cm³/mol.